The molecule has 26 valence electrons. The molecule has 0 aliphatic rings. The van der Waals surface area contributed by atoms with Gasteiger partial charge in [0.15, 0.2) is 0 Å². The van der Waals surface area contributed by atoms with Crippen molar-refractivity contribution in [3.05, 3.63) is 0 Å². The van der Waals surface area contributed by atoms with Crippen LogP contribution in [0, 0.1) is 0 Å². The van der Waals surface area contributed by atoms with E-state index in [1.807, 2.05) is 0 Å². The van der Waals surface area contributed by atoms with E-state index in [-0.39, 0.29) is 89.5 Å². The molecule has 0 amide bonds. The average molecular weight is 476 g/mol. The average Bonchev–Trinajstić information content (AvgIpc) is 0. The summed E-state index contributed by atoms with van der Waals surface area (Å²) in [6, 6.07) is 0. The van der Waals surface area contributed by atoms with Gasteiger partial charge < -0.3 is 0 Å². The first kappa shape index (κ1) is 28.2. The van der Waals surface area contributed by atoms with Gasteiger partial charge in [0.05, 0.1) is 0 Å². The van der Waals surface area contributed by atoms with Crippen molar-refractivity contribution in [2.24, 2.45) is 0 Å². The van der Waals surface area contributed by atoms with Crippen molar-refractivity contribution in [2.75, 3.05) is 0 Å². The molecule has 0 N–H and O–H groups in total. The zero-order valence-electron chi connectivity index (χ0n) is 1.64. The second kappa shape index (κ2) is 16.7. The van der Waals surface area contributed by atoms with Gasteiger partial charge in [-0.1, -0.05) is 0 Å². The molecule has 0 saturated carbocycles. The van der Waals surface area contributed by atoms with Crippen molar-refractivity contribution in [3.8, 4) is 0 Å². The van der Waals surface area contributed by atoms with E-state index in [0.717, 1.165) is 0 Å². The Morgan fingerprint density at radius 3 is 0.500 bits per heavy atom. The smallest absolute Gasteiger partial charge is 0 e. The first-order valence-electron chi connectivity index (χ1n) is 0. The van der Waals surface area contributed by atoms with Gasteiger partial charge in [-0.05, 0) is 0 Å². The van der Waals surface area contributed by atoms with Crippen LogP contribution < -0.4 is 0 Å². The van der Waals surface area contributed by atoms with Crippen LogP contribution in [0.1, 0.15) is 0 Å². The molecule has 4 heteroatoms. The molecule has 0 aliphatic heterocycles. The standard InChI is InChI=1S/Au.3Nb. The van der Waals surface area contributed by atoms with Crippen LogP contribution in [-0.4, -0.2) is 0 Å². The summed E-state index contributed by atoms with van der Waals surface area (Å²) < 4.78 is 0. The van der Waals surface area contributed by atoms with E-state index in [1.165, 1.54) is 0 Å². The zero-order valence-corrected chi connectivity index (χ0v) is 10.4. The van der Waals surface area contributed by atoms with E-state index in [0.29, 0.717) is 0 Å². The van der Waals surface area contributed by atoms with E-state index >= 15 is 0 Å². The molecule has 0 bridgehead atoms. The summed E-state index contributed by atoms with van der Waals surface area (Å²) in [6.07, 6.45) is 0. The Kier molecular flexibility index (Phi) is 118. The quantitative estimate of drug-likeness (QED) is 0.433. The molecule has 0 unspecified atom stereocenters. The Balaban J connectivity index is 0. The fraction of sp³-hybridized carbons (Fsp3) is 0. The number of rotatable bonds is 0. The van der Waals surface area contributed by atoms with Crippen LogP contribution in [0.3, 0.4) is 0 Å². The van der Waals surface area contributed by atoms with E-state index < -0.39 is 0 Å². The first-order valence-corrected chi connectivity index (χ1v) is 0. The van der Waals surface area contributed by atoms with Crippen LogP contribution in [0.15, 0.2) is 0 Å². The summed E-state index contributed by atoms with van der Waals surface area (Å²) in [5, 5.41) is 0. The minimum absolute atomic E-state index is 0. The van der Waals surface area contributed by atoms with Crippen molar-refractivity contribution in [1.82, 2.24) is 0 Å². The summed E-state index contributed by atoms with van der Waals surface area (Å²) in [4.78, 5) is 0. The molecule has 0 fully saturated rings. The largest absolute Gasteiger partial charge is 0 e. The fourth-order valence-electron chi connectivity index (χ4n) is 0. The van der Waals surface area contributed by atoms with Crippen LogP contribution in [0.5, 0.6) is 0 Å². The molecule has 0 saturated heterocycles. The Bertz CT molecular complexity index is 3.25. The Labute approximate surface area is 87.9 Å². The van der Waals surface area contributed by atoms with E-state index in [2.05, 4.69) is 0 Å². The molecule has 0 rings (SSSR count). The van der Waals surface area contributed by atoms with Crippen LogP contribution in [0.2, 0.25) is 0 Å². The Morgan fingerprint density at radius 2 is 0.500 bits per heavy atom. The molecule has 0 heterocycles. The van der Waals surface area contributed by atoms with Gasteiger partial charge in [-0.3, -0.25) is 0 Å². The monoisotopic (exact) mass is 476 g/mol. The molecule has 4 radical (unpaired) electrons. The minimum atomic E-state index is 0. The summed E-state index contributed by atoms with van der Waals surface area (Å²) in [7, 11) is 0. The maximum Gasteiger partial charge on any atom is 0 e. The van der Waals surface area contributed by atoms with Gasteiger partial charge in [0.25, 0.3) is 0 Å². The van der Waals surface area contributed by atoms with Gasteiger partial charge in [-0.25, -0.2) is 0 Å². The van der Waals surface area contributed by atoms with Crippen LogP contribution >= 0.6 is 0 Å². The molecule has 0 nitrogen and oxygen atoms in total. The normalized spacial score (nSPS) is 0. The summed E-state index contributed by atoms with van der Waals surface area (Å²) in [6.45, 7) is 0. The molecule has 0 atom stereocenters. The third-order valence-corrected chi connectivity index (χ3v) is 0. The topological polar surface area (TPSA) is 0 Å². The van der Waals surface area contributed by atoms with Crippen molar-refractivity contribution in [3.63, 3.8) is 0 Å². The van der Waals surface area contributed by atoms with Crippen LogP contribution in [0.25, 0.3) is 0 Å². The minimum Gasteiger partial charge on any atom is 0 e. The number of hydrogen-bond acceptors (Lipinski definition) is 0. The van der Waals surface area contributed by atoms with Gasteiger partial charge in [0, 0.05) is 89.5 Å². The molecular formula is AuNb3. The van der Waals surface area contributed by atoms with Gasteiger partial charge in [-0.15, -0.1) is 0 Å². The Hall–Kier alpha value is 2.96. The third kappa shape index (κ3) is 8.88. The van der Waals surface area contributed by atoms with Gasteiger partial charge in [0.1, 0.15) is 0 Å². The molecule has 4 heavy (non-hydrogen) atoms. The van der Waals surface area contributed by atoms with Crippen molar-refractivity contribution < 1.29 is 89.5 Å². The summed E-state index contributed by atoms with van der Waals surface area (Å²) >= 11 is 0. The predicted molar refractivity (Wildman–Crippen MR) is 0 cm³/mol. The molecule has 0 aromatic rings. The maximum atomic E-state index is 0. The second-order valence-corrected chi connectivity index (χ2v) is 0. The SMILES string of the molecule is [Au].[Nb].[Nb].[Nb]. The van der Waals surface area contributed by atoms with E-state index in [4.69, 9.17) is 0 Å². The molecule has 0 spiro atoms. The van der Waals surface area contributed by atoms with Crippen molar-refractivity contribution in [1.29, 1.82) is 0 Å². The van der Waals surface area contributed by atoms with Crippen molar-refractivity contribution >= 4 is 0 Å². The van der Waals surface area contributed by atoms with Crippen LogP contribution in [-0.2, 0) is 89.5 Å². The van der Waals surface area contributed by atoms with Crippen molar-refractivity contribution in [2.45, 2.75) is 0 Å². The molecular weight excluding hydrogens is 476 g/mol. The van der Waals surface area contributed by atoms with Gasteiger partial charge in [0.2, 0.25) is 0 Å². The molecule has 0 aliphatic carbocycles. The number of hydrogen-bond donors (Lipinski definition) is 0. The summed E-state index contributed by atoms with van der Waals surface area (Å²) in [5.41, 5.74) is 0. The third-order valence-electron chi connectivity index (χ3n) is 0. The van der Waals surface area contributed by atoms with E-state index in [9.17, 15) is 0 Å². The molecule has 0 aromatic carbocycles. The fourth-order valence-corrected chi connectivity index (χ4v) is 0. The maximum absolute atomic E-state index is 0. The summed E-state index contributed by atoms with van der Waals surface area (Å²) in [5.74, 6) is 0. The zero-order chi connectivity index (χ0) is 0. The van der Waals surface area contributed by atoms with Crippen LogP contribution in [0.4, 0.5) is 0 Å². The Morgan fingerprint density at radius 1 is 0.500 bits per heavy atom. The second-order valence-electron chi connectivity index (χ2n) is 0. The van der Waals surface area contributed by atoms with Gasteiger partial charge >= 0.3 is 0 Å². The molecule has 0 aromatic heterocycles. The van der Waals surface area contributed by atoms with Gasteiger partial charge in [-0.2, -0.15) is 0 Å². The predicted octanol–water partition coefficient (Wildman–Crippen LogP) is -0.0100. The van der Waals surface area contributed by atoms with E-state index in [1.54, 1.807) is 0 Å². The first-order chi connectivity index (χ1) is 0.